The molecule has 6 nitrogen and oxygen atoms in total. The quantitative estimate of drug-likeness (QED) is 0.224. The van der Waals surface area contributed by atoms with Gasteiger partial charge in [-0.05, 0) is 41.1 Å². The third-order valence-electron chi connectivity index (χ3n) is 7.93. The van der Waals surface area contributed by atoms with Crippen molar-refractivity contribution >= 4 is 54.6 Å². The van der Waals surface area contributed by atoms with Crippen molar-refractivity contribution in [3.8, 4) is 28.7 Å². The van der Waals surface area contributed by atoms with E-state index in [1.807, 2.05) is 54.6 Å². The lowest BCUT2D eigenvalue weighted by atomic mass is 10.1. The summed E-state index contributed by atoms with van der Waals surface area (Å²) in [6.45, 7) is 0. The zero-order valence-corrected chi connectivity index (χ0v) is 22.3. The van der Waals surface area contributed by atoms with Crippen molar-refractivity contribution in [1.82, 2.24) is 24.5 Å². The molecular formula is C36H21N5O. The van der Waals surface area contributed by atoms with Crippen LogP contribution in [0.25, 0.3) is 83.4 Å². The fourth-order valence-corrected chi connectivity index (χ4v) is 6.01. The largest absolute Gasteiger partial charge is 0.438 e. The van der Waals surface area contributed by atoms with Crippen molar-refractivity contribution in [1.29, 1.82) is 0 Å². The summed E-state index contributed by atoms with van der Waals surface area (Å²) in [5.74, 6) is 1.71. The van der Waals surface area contributed by atoms with Crippen LogP contribution in [0.1, 0.15) is 0 Å². The molecule has 6 heteroatoms. The predicted octanol–water partition coefficient (Wildman–Crippen LogP) is 8.75. The highest BCUT2D eigenvalue weighted by Gasteiger charge is 2.20. The van der Waals surface area contributed by atoms with Crippen LogP contribution in [0.2, 0.25) is 0 Å². The summed E-state index contributed by atoms with van der Waals surface area (Å²) in [6.07, 6.45) is 1.75. The Bertz CT molecular complexity index is 2440. The standard InChI is InChI=1S/C36H21N5O/c1-2-10-23-21-24(18-17-22(23)9-1)33-38-34(28-19-20-37-35-32(28)27-13-5-8-16-31(27)42-35)40-36(39-33)41-29-14-6-3-11-25(29)26-12-4-7-15-30(26)41/h1-21H. The number of benzene rings is 5. The summed E-state index contributed by atoms with van der Waals surface area (Å²) in [5, 5.41) is 6.45. The van der Waals surface area contributed by atoms with Gasteiger partial charge in [-0.3, -0.25) is 4.57 Å². The molecule has 4 heterocycles. The highest BCUT2D eigenvalue weighted by Crippen LogP contribution is 2.36. The Morgan fingerprint density at radius 1 is 0.548 bits per heavy atom. The zero-order valence-electron chi connectivity index (χ0n) is 22.3. The van der Waals surface area contributed by atoms with E-state index in [1.54, 1.807) is 6.20 Å². The van der Waals surface area contributed by atoms with Gasteiger partial charge in [0.2, 0.25) is 11.7 Å². The molecule has 0 unspecified atom stereocenters. The Hall–Kier alpha value is -5.88. The van der Waals surface area contributed by atoms with E-state index in [1.165, 1.54) is 5.39 Å². The second kappa shape index (κ2) is 8.81. The van der Waals surface area contributed by atoms with Crippen molar-refractivity contribution < 1.29 is 4.42 Å². The highest BCUT2D eigenvalue weighted by molar-refractivity contribution is 6.11. The lowest BCUT2D eigenvalue weighted by Crippen LogP contribution is -2.06. The van der Waals surface area contributed by atoms with Crippen LogP contribution in [0.5, 0.6) is 0 Å². The minimum atomic E-state index is 0.554. The number of pyridine rings is 1. The smallest absolute Gasteiger partial charge is 0.238 e. The number of nitrogens with zero attached hydrogens (tertiary/aromatic N) is 5. The number of hydrogen-bond donors (Lipinski definition) is 0. The molecule has 0 atom stereocenters. The van der Waals surface area contributed by atoms with Gasteiger partial charge < -0.3 is 4.42 Å². The molecule has 0 saturated heterocycles. The molecule has 0 aliphatic carbocycles. The molecule has 0 saturated carbocycles. The first kappa shape index (κ1) is 22.9. The number of para-hydroxylation sites is 3. The van der Waals surface area contributed by atoms with Gasteiger partial charge in [0, 0.05) is 33.5 Å². The summed E-state index contributed by atoms with van der Waals surface area (Å²) >= 11 is 0. The maximum absolute atomic E-state index is 6.11. The van der Waals surface area contributed by atoms with Crippen LogP contribution in [0.15, 0.2) is 132 Å². The molecule has 0 aliphatic heterocycles. The monoisotopic (exact) mass is 539 g/mol. The van der Waals surface area contributed by atoms with Crippen LogP contribution >= 0.6 is 0 Å². The molecule has 0 fully saturated rings. The van der Waals surface area contributed by atoms with E-state index in [0.29, 0.717) is 23.3 Å². The molecular weight excluding hydrogens is 518 g/mol. The van der Waals surface area contributed by atoms with Gasteiger partial charge in [0.1, 0.15) is 5.58 Å². The van der Waals surface area contributed by atoms with Gasteiger partial charge in [-0.1, -0.05) is 91.0 Å². The minimum absolute atomic E-state index is 0.554. The minimum Gasteiger partial charge on any atom is -0.438 e. The van der Waals surface area contributed by atoms with Gasteiger partial charge in [-0.2, -0.15) is 9.97 Å². The van der Waals surface area contributed by atoms with E-state index in [9.17, 15) is 0 Å². The van der Waals surface area contributed by atoms with Crippen molar-refractivity contribution in [3.05, 3.63) is 128 Å². The summed E-state index contributed by atoms with van der Waals surface area (Å²) in [7, 11) is 0. The SMILES string of the molecule is c1ccc2cc(-c3nc(-c4ccnc5oc6ccccc6c45)nc(-n4c5ccccc5c5ccccc54)n3)ccc2c1. The molecule has 5 aromatic carbocycles. The van der Waals surface area contributed by atoms with Crippen LogP contribution < -0.4 is 0 Å². The molecule has 42 heavy (non-hydrogen) atoms. The van der Waals surface area contributed by atoms with Crippen molar-refractivity contribution in [3.63, 3.8) is 0 Å². The van der Waals surface area contributed by atoms with Gasteiger partial charge in [0.15, 0.2) is 11.6 Å². The lowest BCUT2D eigenvalue weighted by Gasteiger charge is -2.11. The normalized spacial score (nSPS) is 11.8. The molecule has 0 amide bonds. The molecule has 9 aromatic rings. The summed E-state index contributed by atoms with van der Waals surface area (Å²) in [5.41, 5.74) is 5.17. The molecule has 0 bridgehead atoms. The second-order valence-corrected chi connectivity index (χ2v) is 10.4. The summed E-state index contributed by atoms with van der Waals surface area (Å²) in [6, 6.07) is 41.3. The number of aromatic nitrogens is 5. The molecule has 0 N–H and O–H groups in total. The third kappa shape index (κ3) is 3.39. The molecule has 9 rings (SSSR count). The number of hydrogen-bond acceptors (Lipinski definition) is 5. The fraction of sp³-hybridized carbons (Fsp3) is 0. The van der Waals surface area contributed by atoms with Crippen molar-refractivity contribution in [2.45, 2.75) is 0 Å². The van der Waals surface area contributed by atoms with Crippen molar-refractivity contribution in [2.75, 3.05) is 0 Å². The Morgan fingerprint density at radius 2 is 1.21 bits per heavy atom. The van der Waals surface area contributed by atoms with Crippen LogP contribution in [0.3, 0.4) is 0 Å². The predicted molar refractivity (Wildman–Crippen MR) is 168 cm³/mol. The van der Waals surface area contributed by atoms with Gasteiger partial charge >= 0.3 is 0 Å². The van der Waals surface area contributed by atoms with Gasteiger partial charge in [0.05, 0.1) is 16.4 Å². The number of fused-ring (bicyclic) bond motifs is 7. The van der Waals surface area contributed by atoms with E-state index in [0.717, 1.165) is 54.7 Å². The molecule has 0 radical (unpaired) electrons. The maximum Gasteiger partial charge on any atom is 0.238 e. The summed E-state index contributed by atoms with van der Waals surface area (Å²) < 4.78 is 8.24. The molecule has 0 aliphatic rings. The van der Waals surface area contributed by atoms with E-state index >= 15 is 0 Å². The van der Waals surface area contributed by atoms with Gasteiger partial charge in [-0.15, -0.1) is 0 Å². The lowest BCUT2D eigenvalue weighted by molar-refractivity contribution is 0.654. The first-order valence-corrected chi connectivity index (χ1v) is 13.8. The molecule has 4 aromatic heterocycles. The Kier molecular flexibility index (Phi) is 4.80. The number of rotatable bonds is 3. The van der Waals surface area contributed by atoms with Crippen LogP contribution in [0, 0.1) is 0 Å². The van der Waals surface area contributed by atoms with E-state index < -0.39 is 0 Å². The van der Waals surface area contributed by atoms with Crippen molar-refractivity contribution in [2.24, 2.45) is 0 Å². The Morgan fingerprint density at radius 3 is 2.02 bits per heavy atom. The van der Waals surface area contributed by atoms with Gasteiger partial charge in [0.25, 0.3) is 0 Å². The number of furan rings is 1. The first-order valence-electron chi connectivity index (χ1n) is 13.8. The molecule has 0 spiro atoms. The summed E-state index contributed by atoms with van der Waals surface area (Å²) in [4.78, 5) is 19.9. The van der Waals surface area contributed by atoms with Gasteiger partial charge in [-0.25, -0.2) is 9.97 Å². The third-order valence-corrected chi connectivity index (χ3v) is 7.93. The first-order chi connectivity index (χ1) is 20.8. The Labute approximate surface area is 239 Å². The molecule has 196 valence electrons. The van der Waals surface area contributed by atoms with E-state index in [-0.39, 0.29) is 0 Å². The van der Waals surface area contributed by atoms with E-state index in [2.05, 4.69) is 76.3 Å². The van der Waals surface area contributed by atoms with Crippen LogP contribution in [-0.4, -0.2) is 24.5 Å². The average Bonchev–Trinajstić information content (AvgIpc) is 3.60. The zero-order chi connectivity index (χ0) is 27.6. The van der Waals surface area contributed by atoms with E-state index in [4.69, 9.17) is 19.4 Å². The second-order valence-electron chi connectivity index (χ2n) is 10.4. The fourth-order valence-electron chi connectivity index (χ4n) is 6.01. The maximum atomic E-state index is 6.11. The van der Waals surface area contributed by atoms with Crippen LogP contribution in [-0.2, 0) is 0 Å². The Balaban J connectivity index is 1.38. The topological polar surface area (TPSA) is 69.6 Å². The van der Waals surface area contributed by atoms with Crippen LogP contribution in [0.4, 0.5) is 0 Å². The average molecular weight is 540 g/mol. The highest BCUT2D eigenvalue weighted by atomic mass is 16.3.